The van der Waals surface area contributed by atoms with Crippen molar-refractivity contribution in [1.82, 2.24) is 5.32 Å². The topological polar surface area (TPSA) is 46.2 Å². The molecule has 2 unspecified atom stereocenters. The summed E-state index contributed by atoms with van der Waals surface area (Å²) in [4.78, 5) is 23.1. The smallest absolute Gasteiger partial charge is 0.251 e. The second kappa shape index (κ2) is 12.7. The minimum Gasteiger partial charge on any atom is -0.346 e. The van der Waals surface area contributed by atoms with Gasteiger partial charge in [0.15, 0.2) is 5.78 Å². The Hall–Kier alpha value is -3.12. The highest BCUT2D eigenvalue weighted by Gasteiger charge is 2.30. The summed E-state index contributed by atoms with van der Waals surface area (Å²) in [6, 6.07) is 15.3. The zero-order chi connectivity index (χ0) is 23.5. The summed E-state index contributed by atoms with van der Waals surface area (Å²) in [5.41, 5.74) is 4.92. The lowest BCUT2D eigenvalue weighted by atomic mass is 9.87. The second-order valence-corrected chi connectivity index (χ2v) is 8.02. The molecule has 2 bridgehead atoms. The molecule has 32 heavy (non-hydrogen) atoms. The number of nitrogens with one attached hydrogen (secondary N) is 1. The Morgan fingerprint density at radius 3 is 2.41 bits per heavy atom. The molecule has 1 N–H and O–H groups in total. The Labute approximate surface area is 193 Å². The van der Waals surface area contributed by atoms with Crippen LogP contribution in [0.3, 0.4) is 0 Å². The van der Waals surface area contributed by atoms with Crippen molar-refractivity contribution >= 4 is 11.7 Å². The molecule has 1 fully saturated rings. The fourth-order valence-electron chi connectivity index (χ4n) is 4.04. The van der Waals surface area contributed by atoms with E-state index < -0.39 is 0 Å². The van der Waals surface area contributed by atoms with Crippen LogP contribution in [0.1, 0.15) is 85.2 Å². The molecule has 168 valence electrons. The molecule has 0 aromatic heterocycles. The van der Waals surface area contributed by atoms with Gasteiger partial charge in [-0.15, -0.1) is 6.42 Å². The number of rotatable bonds is 4. The molecule has 1 saturated carbocycles. The largest absolute Gasteiger partial charge is 0.346 e. The van der Waals surface area contributed by atoms with Crippen LogP contribution in [0, 0.1) is 18.3 Å². The van der Waals surface area contributed by atoms with Gasteiger partial charge in [0.05, 0.1) is 6.04 Å². The molecule has 4 rings (SSSR count). The van der Waals surface area contributed by atoms with Crippen molar-refractivity contribution in [3.63, 3.8) is 0 Å². The van der Waals surface area contributed by atoms with Crippen LogP contribution < -0.4 is 5.32 Å². The maximum atomic E-state index is 12.2. The van der Waals surface area contributed by atoms with Crippen LogP contribution in [0.5, 0.6) is 0 Å². The fraction of sp³-hybridized carbons (Fsp3) is 0.379. The number of carbonyl (C=O) groups is 2. The van der Waals surface area contributed by atoms with E-state index in [0.717, 1.165) is 29.9 Å². The van der Waals surface area contributed by atoms with Crippen molar-refractivity contribution in [2.45, 2.75) is 65.8 Å². The first-order valence-electron chi connectivity index (χ1n) is 11.7. The number of hydrogen-bond acceptors (Lipinski definition) is 2. The van der Waals surface area contributed by atoms with Crippen LogP contribution >= 0.6 is 0 Å². The summed E-state index contributed by atoms with van der Waals surface area (Å²) in [7, 11) is 0. The third-order valence-corrected chi connectivity index (χ3v) is 5.91. The molecular formula is C29H35NO2. The number of amides is 1. The van der Waals surface area contributed by atoms with Gasteiger partial charge in [0.25, 0.3) is 5.91 Å². The Kier molecular flexibility index (Phi) is 9.95. The number of benzene rings is 2. The zero-order valence-electron chi connectivity index (χ0n) is 19.8. The van der Waals surface area contributed by atoms with E-state index in [2.05, 4.69) is 24.2 Å². The Morgan fingerprint density at radius 1 is 1.06 bits per heavy atom. The molecule has 0 radical (unpaired) electrons. The van der Waals surface area contributed by atoms with E-state index >= 15 is 0 Å². The van der Waals surface area contributed by atoms with E-state index in [1.165, 1.54) is 37.3 Å². The zero-order valence-corrected chi connectivity index (χ0v) is 19.8. The predicted octanol–water partition coefficient (Wildman–Crippen LogP) is 6.37. The van der Waals surface area contributed by atoms with E-state index in [4.69, 9.17) is 6.42 Å². The summed E-state index contributed by atoms with van der Waals surface area (Å²) in [5.74, 6) is 3.44. The van der Waals surface area contributed by atoms with Crippen LogP contribution in [0.15, 0.2) is 60.2 Å². The van der Waals surface area contributed by atoms with Crippen molar-refractivity contribution in [1.29, 1.82) is 0 Å². The van der Waals surface area contributed by atoms with Crippen LogP contribution in [0.4, 0.5) is 0 Å². The highest BCUT2D eigenvalue weighted by Crippen LogP contribution is 2.37. The number of carbonyl (C=O) groups excluding carboxylic acids is 2. The van der Waals surface area contributed by atoms with Gasteiger partial charge in [-0.25, -0.2) is 0 Å². The van der Waals surface area contributed by atoms with Crippen LogP contribution in [-0.2, 0) is 6.42 Å². The summed E-state index contributed by atoms with van der Waals surface area (Å²) >= 11 is 0. The molecule has 2 aromatic rings. The van der Waals surface area contributed by atoms with Crippen LogP contribution in [0.25, 0.3) is 0 Å². The number of hydrogen-bond donors (Lipinski definition) is 1. The molecule has 1 amide bonds. The van der Waals surface area contributed by atoms with Crippen molar-refractivity contribution < 1.29 is 9.59 Å². The summed E-state index contributed by atoms with van der Waals surface area (Å²) in [6.45, 7) is 7.65. The Bertz CT molecular complexity index is 979. The van der Waals surface area contributed by atoms with Gasteiger partial charge in [0.2, 0.25) is 0 Å². The standard InChI is InChI=1S/C17H21NO.C10H8O.C2H6/c1-2-12-3-7-14(8-4-12)17(19)18-16-10-6-13-5-9-15(16)11-13;1-3-9-5-4-6-10(7-9)8(2)11;1-2/h3-4,7-9,13,16H,2,5-6,10-11H2,1H3,(H,18,19);1,4-7H,2H3;1-2H3. The maximum absolute atomic E-state index is 12.2. The number of allylic oxidation sites excluding steroid dienone is 1. The van der Waals surface area contributed by atoms with Gasteiger partial charge in [-0.1, -0.05) is 62.6 Å². The van der Waals surface area contributed by atoms with Crippen molar-refractivity contribution in [2.75, 3.05) is 0 Å². The summed E-state index contributed by atoms with van der Waals surface area (Å²) in [5, 5.41) is 3.19. The highest BCUT2D eigenvalue weighted by atomic mass is 16.1. The third kappa shape index (κ3) is 6.95. The van der Waals surface area contributed by atoms with Gasteiger partial charge in [-0.05, 0) is 74.8 Å². The molecule has 0 aliphatic heterocycles. The number of terminal acetylenes is 1. The van der Waals surface area contributed by atoms with E-state index in [0.29, 0.717) is 5.56 Å². The fourth-order valence-corrected chi connectivity index (χ4v) is 4.04. The van der Waals surface area contributed by atoms with E-state index in [1.54, 1.807) is 24.3 Å². The first-order valence-corrected chi connectivity index (χ1v) is 11.7. The second-order valence-electron chi connectivity index (χ2n) is 8.02. The van der Waals surface area contributed by atoms with Crippen LogP contribution in [0.2, 0.25) is 0 Å². The van der Waals surface area contributed by atoms with Crippen LogP contribution in [-0.4, -0.2) is 17.7 Å². The number of fused-ring (bicyclic) bond motifs is 2. The van der Waals surface area contributed by atoms with Crippen molar-refractivity contribution in [3.8, 4) is 12.3 Å². The molecule has 0 heterocycles. The average molecular weight is 430 g/mol. The first-order chi connectivity index (χ1) is 15.5. The predicted molar refractivity (Wildman–Crippen MR) is 133 cm³/mol. The van der Waals surface area contributed by atoms with Gasteiger partial charge in [0, 0.05) is 16.7 Å². The molecule has 0 spiro atoms. The van der Waals surface area contributed by atoms with Crippen molar-refractivity contribution in [3.05, 3.63) is 82.4 Å². The van der Waals surface area contributed by atoms with Gasteiger partial charge < -0.3 is 5.32 Å². The minimum atomic E-state index is 0.0436. The summed E-state index contributed by atoms with van der Waals surface area (Å²) < 4.78 is 0. The third-order valence-electron chi connectivity index (χ3n) is 5.91. The number of Topliss-reactive ketones (excluding diaryl/α,β-unsaturated/α-hetero) is 1. The molecule has 3 heteroatoms. The lowest BCUT2D eigenvalue weighted by Crippen LogP contribution is -2.37. The lowest BCUT2D eigenvalue weighted by Gasteiger charge is -2.26. The minimum absolute atomic E-state index is 0.0436. The molecular weight excluding hydrogens is 394 g/mol. The number of ketones is 1. The Morgan fingerprint density at radius 2 is 1.78 bits per heavy atom. The average Bonchev–Trinajstić information content (AvgIpc) is 3.24. The maximum Gasteiger partial charge on any atom is 0.251 e. The molecule has 0 saturated heterocycles. The SMILES string of the molecule is C#Cc1cccc(C(C)=O)c1.CC.CCc1ccc(C(=O)NC2CCC3CC=C2C3)cc1. The van der Waals surface area contributed by atoms with E-state index in [-0.39, 0.29) is 17.7 Å². The lowest BCUT2D eigenvalue weighted by molar-refractivity contribution is 0.0935. The quantitative estimate of drug-likeness (QED) is 0.348. The molecule has 3 nitrogen and oxygen atoms in total. The first kappa shape index (κ1) is 25.1. The van der Waals surface area contributed by atoms with Crippen molar-refractivity contribution in [2.24, 2.45) is 5.92 Å². The normalized spacial score (nSPS) is 18.0. The molecule has 2 atom stereocenters. The van der Waals surface area contributed by atoms with Gasteiger partial charge >= 0.3 is 0 Å². The molecule has 2 aromatic carbocycles. The van der Waals surface area contributed by atoms with E-state index in [1.807, 2.05) is 38.1 Å². The van der Waals surface area contributed by atoms with E-state index in [9.17, 15) is 9.59 Å². The molecule has 2 aliphatic rings. The van der Waals surface area contributed by atoms with Gasteiger partial charge in [-0.2, -0.15) is 0 Å². The molecule has 2 aliphatic carbocycles. The van der Waals surface area contributed by atoms with Gasteiger partial charge in [-0.3, -0.25) is 9.59 Å². The van der Waals surface area contributed by atoms with Gasteiger partial charge in [0.1, 0.15) is 0 Å². The number of aryl methyl sites for hydroxylation is 1. The summed E-state index contributed by atoms with van der Waals surface area (Å²) in [6.07, 6.45) is 13.3. The monoisotopic (exact) mass is 429 g/mol. The Balaban J connectivity index is 0.000000239. The highest BCUT2D eigenvalue weighted by molar-refractivity contribution is 5.95.